The molecular weight excluding hydrogens is 350 g/mol. The van der Waals surface area contributed by atoms with Crippen LogP contribution in [0.1, 0.15) is 25.7 Å². The molecule has 0 radical (unpaired) electrons. The Morgan fingerprint density at radius 2 is 2.12 bits per heavy atom. The molecule has 0 amide bonds. The average Bonchev–Trinajstić information content (AvgIpc) is 2.67. The van der Waals surface area contributed by atoms with Crippen molar-refractivity contribution in [2.45, 2.75) is 36.6 Å². The summed E-state index contributed by atoms with van der Waals surface area (Å²) in [6, 6.07) is 9.04. The third-order valence-electron chi connectivity index (χ3n) is 5.09. The van der Waals surface area contributed by atoms with Gasteiger partial charge < -0.3 is 15.0 Å². The third kappa shape index (κ3) is 5.58. The molecular formula is C19H29N3OS2. The molecule has 2 saturated heterocycles. The minimum Gasteiger partial charge on any atom is -0.379 e. The number of thiocarbonyl (C=S) groups is 1. The van der Waals surface area contributed by atoms with Gasteiger partial charge in [-0.05, 0) is 62.4 Å². The van der Waals surface area contributed by atoms with Crippen LogP contribution >= 0.6 is 24.0 Å². The fraction of sp³-hybridized carbons (Fsp3) is 0.632. The van der Waals surface area contributed by atoms with E-state index in [1.165, 1.54) is 30.6 Å². The van der Waals surface area contributed by atoms with Gasteiger partial charge in [-0.25, -0.2) is 0 Å². The van der Waals surface area contributed by atoms with Crippen LogP contribution in [0.3, 0.4) is 0 Å². The summed E-state index contributed by atoms with van der Waals surface area (Å²) < 4.78 is 5.45. The number of likely N-dealkylation sites (tertiary alicyclic amines) is 1. The van der Waals surface area contributed by atoms with Crippen LogP contribution in [0.4, 0.5) is 5.69 Å². The van der Waals surface area contributed by atoms with Gasteiger partial charge in [0.05, 0.1) is 13.2 Å². The second kappa shape index (κ2) is 9.76. The van der Waals surface area contributed by atoms with Crippen LogP contribution in [0.5, 0.6) is 0 Å². The lowest BCUT2D eigenvalue weighted by molar-refractivity contribution is 0.0338. The minimum absolute atomic E-state index is 0.556. The maximum absolute atomic E-state index is 5.76. The fourth-order valence-corrected chi connectivity index (χ4v) is 4.44. The van der Waals surface area contributed by atoms with Gasteiger partial charge in [0.25, 0.3) is 0 Å². The Bertz CT molecular complexity index is 563. The quantitative estimate of drug-likeness (QED) is 0.620. The summed E-state index contributed by atoms with van der Waals surface area (Å²) in [4.78, 5) is 6.20. The number of nitrogens with one attached hydrogen (secondary N) is 1. The van der Waals surface area contributed by atoms with Gasteiger partial charge in [0.15, 0.2) is 5.11 Å². The topological polar surface area (TPSA) is 27.7 Å². The normalized spacial score (nSPS) is 22.0. The molecule has 1 aromatic rings. The summed E-state index contributed by atoms with van der Waals surface area (Å²) in [5.74, 6) is 0. The first-order valence-corrected chi connectivity index (χ1v) is 10.9. The Labute approximate surface area is 161 Å². The molecule has 2 aliphatic heterocycles. The third-order valence-corrected chi connectivity index (χ3v) is 6.15. The van der Waals surface area contributed by atoms with Crippen molar-refractivity contribution in [1.29, 1.82) is 0 Å². The van der Waals surface area contributed by atoms with E-state index in [1.807, 2.05) is 0 Å². The molecule has 2 heterocycles. The molecule has 2 fully saturated rings. The summed E-state index contributed by atoms with van der Waals surface area (Å²) in [6.07, 6.45) is 7.09. The van der Waals surface area contributed by atoms with Crippen molar-refractivity contribution in [1.82, 2.24) is 9.80 Å². The van der Waals surface area contributed by atoms with Gasteiger partial charge in [-0.3, -0.25) is 4.90 Å². The number of morpholine rings is 1. The molecule has 0 unspecified atom stereocenters. The molecule has 1 N–H and O–H groups in total. The van der Waals surface area contributed by atoms with Crippen molar-refractivity contribution in [2.24, 2.45) is 0 Å². The lowest BCUT2D eigenvalue weighted by Crippen LogP contribution is -2.47. The van der Waals surface area contributed by atoms with E-state index in [0.29, 0.717) is 6.04 Å². The maximum atomic E-state index is 5.76. The van der Waals surface area contributed by atoms with Gasteiger partial charge in [0, 0.05) is 42.8 Å². The van der Waals surface area contributed by atoms with Gasteiger partial charge in [-0.2, -0.15) is 0 Å². The van der Waals surface area contributed by atoms with Crippen LogP contribution in [0.15, 0.2) is 29.2 Å². The van der Waals surface area contributed by atoms with Gasteiger partial charge in [0.2, 0.25) is 0 Å². The van der Waals surface area contributed by atoms with Crippen LogP contribution in [0.2, 0.25) is 0 Å². The summed E-state index contributed by atoms with van der Waals surface area (Å²) in [6.45, 7) is 6.10. The van der Waals surface area contributed by atoms with Crippen LogP contribution in [0, 0.1) is 0 Å². The Morgan fingerprint density at radius 3 is 2.92 bits per heavy atom. The van der Waals surface area contributed by atoms with E-state index in [4.69, 9.17) is 17.0 Å². The molecule has 138 valence electrons. The zero-order chi connectivity index (χ0) is 17.5. The smallest absolute Gasteiger partial charge is 0.173 e. The number of thioether (sulfide) groups is 1. The molecule has 4 nitrogen and oxygen atoms in total. The Balaban J connectivity index is 1.56. The highest BCUT2D eigenvalue weighted by atomic mass is 32.2. The van der Waals surface area contributed by atoms with E-state index in [2.05, 4.69) is 45.6 Å². The number of hydrogen-bond donors (Lipinski definition) is 1. The first-order valence-electron chi connectivity index (χ1n) is 9.28. The molecule has 0 aromatic heterocycles. The van der Waals surface area contributed by atoms with Crippen LogP contribution in [0.25, 0.3) is 0 Å². The minimum atomic E-state index is 0.556. The zero-order valence-electron chi connectivity index (χ0n) is 15.1. The molecule has 0 aliphatic carbocycles. The van der Waals surface area contributed by atoms with Gasteiger partial charge in [-0.15, -0.1) is 11.8 Å². The highest BCUT2D eigenvalue weighted by molar-refractivity contribution is 7.98. The maximum Gasteiger partial charge on any atom is 0.173 e. The SMILES string of the molecule is CSc1cccc(NC(=S)N2CCCC[C@@H]2CCN2CCOCC2)c1. The standard InChI is InChI=1S/C19H29N3OS2/c1-25-18-7-4-5-16(15-18)20-19(24)22-9-3-2-6-17(22)8-10-21-11-13-23-14-12-21/h4-5,7,15,17H,2-3,6,8-14H2,1H3,(H,20,24)/t17-/m1/s1. The highest BCUT2D eigenvalue weighted by Crippen LogP contribution is 2.23. The summed E-state index contributed by atoms with van der Waals surface area (Å²) in [5, 5.41) is 4.34. The first-order chi connectivity index (χ1) is 12.3. The molecule has 3 rings (SSSR count). The largest absolute Gasteiger partial charge is 0.379 e. The number of nitrogens with zero attached hydrogens (tertiary/aromatic N) is 2. The van der Waals surface area contributed by atoms with E-state index in [1.54, 1.807) is 11.8 Å². The van der Waals surface area contributed by atoms with Crippen molar-refractivity contribution in [3.05, 3.63) is 24.3 Å². The predicted molar refractivity (Wildman–Crippen MR) is 111 cm³/mol. The molecule has 1 atom stereocenters. The van der Waals surface area contributed by atoms with Crippen LogP contribution in [-0.2, 0) is 4.74 Å². The van der Waals surface area contributed by atoms with Gasteiger partial charge in [0.1, 0.15) is 0 Å². The molecule has 6 heteroatoms. The van der Waals surface area contributed by atoms with Crippen molar-refractivity contribution < 1.29 is 4.74 Å². The fourth-order valence-electron chi connectivity index (χ4n) is 3.62. The lowest BCUT2D eigenvalue weighted by Gasteiger charge is -2.39. The molecule has 0 bridgehead atoms. The second-order valence-electron chi connectivity index (χ2n) is 6.75. The van der Waals surface area contributed by atoms with Crippen molar-refractivity contribution in [2.75, 3.05) is 51.0 Å². The van der Waals surface area contributed by atoms with E-state index in [9.17, 15) is 0 Å². The second-order valence-corrected chi connectivity index (χ2v) is 8.01. The van der Waals surface area contributed by atoms with E-state index >= 15 is 0 Å². The van der Waals surface area contributed by atoms with Gasteiger partial charge in [-0.1, -0.05) is 6.07 Å². The number of hydrogen-bond acceptors (Lipinski definition) is 4. The monoisotopic (exact) mass is 379 g/mol. The van der Waals surface area contributed by atoms with E-state index < -0.39 is 0 Å². The van der Waals surface area contributed by atoms with Crippen molar-refractivity contribution >= 4 is 34.8 Å². The Morgan fingerprint density at radius 1 is 1.28 bits per heavy atom. The first kappa shape index (κ1) is 19.0. The highest BCUT2D eigenvalue weighted by Gasteiger charge is 2.25. The Kier molecular flexibility index (Phi) is 7.40. The zero-order valence-corrected chi connectivity index (χ0v) is 16.7. The van der Waals surface area contributed by atoms with Crippen LogP contribution < -0.4 is 5.32 Å². The number of benzene rings is 1. The average molecular weight is 380 g/mol. The molecule has 1 aromatic carbocycles. The molecule has 2 aliphatic rings. The number of piperidine rings is 1. The van der Waals surface area contributed by atoms with E-state index in [0.717, 1.165) is 50.2 Å². The summed E-state index contributed by atoms with van der Waals surface area (Å²) >= 11 is 7.52. The number of rotatable bonds is 5. The summed E-state index contributed by atoms with van der Waals surface area (Å²) in [5.41, 5.74) is 1.09. The lowest BCUT2D eigenvalue weighted by atomic mass is 9.99. The molecule has 0 spiro atoms. The number of ether oxygens (including phenoxy) is 1. The van der Waals surface area contributed by atoms with Crippen molar-refractivity contribution in [3.63, 3.8) is 0 Å². The molecule has 25 heavy (non-hydrogen) atoms. The van der Waals surface area contributed by atoms with E-state index in [-0.39, 0.29) is 0 Å². The predicted octanol–water partition coefficient (Wildman–Crippen LogP) is 3.68. The van der Waals surface area contributed by atoms with Crippen LogP contribution in [-0.4, -0.2) is 66.6 Å². The van der Waals surface area contributed by atoms with Crippen molar-refractivity contribution in [3.8, 4) is 0 Å². The Hall–Kier alpha value is -0.820. The number of anilines is 1. The summed E-state index contributed by atoms with van der Waals surface area (Å²) in [7, 11) is 0. The van der Waals surface area contributed by atoms with Gasteiger partial charge >= 0.3 is 0 Å². The molecule has 0 saturated carbocycles.